The first kappa shape index (κ1) is 27.0. The van der Waals surface area contributed by atoms with Gasteiger partial charge < -0.3 is 19.4 Å². The molecule has 1 N–H and O–H groups in total. The van der Waals surface area contributed by atoms with E-state index < -0.39 is 17.5 Å². The minimum Gasteiger partial charge on any atom is -0.463 e. The second-order valence-corrected chi connectivity index (χ2v) is 8.37. The fraction of sp³-hybridized carbons (Fsp3) is 0.654. The Hall–Kier alpha value is -2.01. The maximum absolute atomic E-state index is 12.8. The summed E-state index contributed by atoms with van der Waals surface area (Å²) < 4.78 is 5.46. The summed E-state index contributed by atoms with van der Waals surface area (Å²) in [6.45, 7) is 2.53. The lowest BCUT2D eigenvalue weighted by Crippen LogP contribution is -2.37. The second kappa shape index (κ2) is 16.7. The maximum Gasteiger partial charge on any atom is 0.342 e. The van der Waals surface area contributed by atoms with Crippen LogP contribution in [0.4, 0.5) is 0 Å². The van der Waals surface area contributed by atoms with Crippen molar-refractivity contribution >= 4 is 18.5 Å². The van der Waals surface area contributed by atoms with Gasteiger partial charge in [0.2, 0.25) is 0 Å². The van der Waals surface area contributed by atoms with E-state index in [-0.39, 0.29) is 0 Å². The minimum absolute atomic E-state index is 0.317. The fourth-order valence-electron chi connectivity index (χ4n) is 3.70. The average Bonchev–Trinajstić information content (AvgIpc) is 2.80. The molecule has 1 rings (SSSR count). The van der Waals surface area contributed by atoms with E-state index in [1.54, 1.807) is 12.1 Å². The van der Waals surface area contributed by atoms with Crippen LogP contribution in [0.25, 0.3) is 0 Å². The number of carbonyl (C=O) groups is 3. The first-order valence-corrected chi connectivity index (χ1v) is 11.9. The van der Waals surface area contributed by atoms with Gasteiger partial charge in [0.15, 0.2) is 5.60 Å². The second-order valence-electron chi connectivity index (χ2n) is 8.37. The van der Waals surface area contributed by atoms with Gasteiger partial charge in [-0.15, -0.1) is 0 Å². The van der Waals surface area contributed by atoms with Crippen molar-refractivity contribution in [2.75, 3.05) is 6.61 Å². The predicted molar refractivity (Wildman–Crippen MR) is 123 cm³/mol. The third-order valence-electron chi connectivity index (χ3n) is 5.75. The maximum atomic E-state index is 12.8. The zero-order valence-electron chi connectivity index (χ0n) is 19.1. The Kier molecular flexibility index (Phi) is 14.5. The molecule has 0 radical (unpaired) electrons. The molecule has 0 saturated heterocycles. The molecule has 0 heterocycles. The summed E-state index contributed by atoms with van der Waals surface area (Å²) in [4.78, 5) is 34.1. The molecule has 1 aromatic rings. The van der Waals surface area contributed by atoms with Gasteiger partial charge in [-0.05, 0) is 31.2 Å². The normalized spacial score (nSPS) is 13.0. The van der Waals surface area contributed by atoms with Gasteiger partial charge in [0.05, 0.1) is 12.5 Å². The quantitative estimate of drug-likeness (QED) is 0.135. The van der Waals surface area contributed by atoms with Gasteiger partial charge in [-0.2, -0.15) is 0 Å². The number of aldehydes is 2. The Morgan fingerprint density at radius 3 is 2.13 bits per heavy atom. The molecule has 1 atom stereocenters. The molecule has 0 aliphatic carbocycles. The van der Waals surface area contributed by atoms with E-state index in [2.05, 4.69) is 6.92 Å². The van der Waals surface area contributed by atoms with Crippen LogP contribution in [0, 0.1) is 5.92 Å². The lowest BCUT2D eigenvalue weighted by molar-refractivity contribution is -0.168. The van der Waals surface area contributed by atoms with Crippen molar-refractivity contribution in [2.45, 2.75) is 96.0 Å². The van der Waals surface area contributed by atoms with Gasteiger partial charge in [0, 0.05) is 0 Å². The molecular weight excluding hydrogens is 392 g/mol. The van der Waals surface area contributed by atoms with Crippen molar-refractivity contribution in [3.63, 3.8) is 0 Å². The van der Waals surface area contributed by atoms with Gasteiger partial charge in [-0.3, -0.25) is 0 Å². The molecule has 5 nitrogen and oxygen atoms in total. The molecule has 0 aliphatic rings. The number of ether oxygens (including phenoxy) is 1. The van der Waals surface area contributed by atoms with Crippen LogP contribution < -0.4 is 0 Å². The summed E-state index contributed by atoms with van der Waals surface area (Å²) in [5, 5.41) is 11.2. The summed E-state index contributed by atoms with van der Waals surface area (Å²) in [5.41, 5.74) is -1.05. The van der Waals surface area contributed by atoms with E-state index in [4.69, 9.17) is 4.74 Å². The van der Waals surface area contributed by atoms with Crippen LogP contribution in [0.3, 0.4) is 0 Å². The van der Waals surface area contributed by atoms with Crippen molar-refractivity contribution in [3.8, 4) is 0 Å². The molecule has 0 bridgehead atoms. The summed E-state index contributed by atoms with van der Waals surface area (Å²) in [6, 6.07) is 9.03. The summed E-state index contributed by atoms with van der Waals surface area (Å²) in [6.07, 6.45) is 13.2. The van der Waals surface area contributed by atoms with Gasteiger partial charge in [-0.1, -0.05) is 95.0 Å². The highest BCUT2D eigenvalue weighted by Gasteiger charge is 2.38. The third-order valence-corrected chi connectivity index (χ3v) is 5.75. The molecule has 1 aromatic carbocycles. The minimum atomic E-state index is -1.62. The predicted octanol–water partition coefficient (Wildman–Crippen LogP) is 5.52. The van der Waals surface area contributed by atoms with E-state index >= 15 is 0 Å². The molecule has 1 unspecified atom stereocenters. The molecule has 0 aliphatic heterocycles. The van der Waals surface area contributed by atoms with Crippen LogP contribution in [0.15, 0.2) is 30.3 Å². The smallest absolute Gasteiger partial charge is 0.342 e. The van der Waals surface area contributed by atoms with Gasteiger partial charge in [0.25, 0.3) is 0 Å². The van der Waals surface area contributed by atoms with Crippen LogP contribution in [0.5, 0.6) is 0 Å². The van der Waals surface area contributed by atoms with Crippen LogP contribution in [0.1, 0.15) is 96.0 Å². The molecule has 0 amide bonds. The van der Waals surface area contributed by atoms with Gasteiger partial charge in [0.1, 0.15) is 12.6 Å². The molecule has 0 saturated carbocycles. The Labute approximate surface area is 187 Å². The zero-order valence-corrected chi connectivity index (χ0v) is 19.1. The highest BCUT2D eigenvalue weighted by Crippen LogP contribution is 2.29. The Balaban J connectivity index is 2.44. The van der Waals surface area contributed by atoms with E-state index in [0.29, 0.717) is 44.0 Å². The Morgan fingerprint density at radius 2 is 1.48 bits per heavy atom. The highest BCUT2D eigenvalue weighted by molar-refractivity contribution is 5.81. The van der Waals surface area contributed by atoms with Crippen LogP contribution >= 0.6 is 0 Å². The molecule has 174 valence electrons. The zero-order chi connectivity index (χ0) is 22.8. The van der Waals surface area contributed by atoms with Crippen molar-refractivity contribution in [1.82, 2.24) is 0 Å². The average molecular weight is 433 g/mol. The van der Waals surface area contributed by atoms with E-state index in [0.717, 1.165) is 44.9 Å². The molecule has 0 aromatic heterocycles. The Bertz CT molecular complexity index is 607. The van der Waals surface area contributed by atoms with Gasteiger partial charge in [-0.25, -0.2) is 4.79 Å². The summed E-state index contributed by atoms with van der Waals surface area (Å²) >= 11 is 0. The van der Waals surface area contributed by atoms with Gasteiger partial charge >= 0.3 is 5.97 Å². The molecule has 5 heteroatoms. The first-order valence-electron chi connectivity index (χ1n) is 11.9. The number of esters is 1. The van der Waals surface area contributed by atoms with E-state index in [1.807, 2.05) is 18.2 Å². The van der Waals surface area contributed by atoms with Crippen LogP contribution in [-0.2, 0) is 24.7 Å². The van der Waals surface area contributed by atoms with Crippen molar-refractivity contribution < 1.29 is 24.2 Å². The number of hydrogen-bond donors (Lipinski definition) is 1. The topological polar surface area (TPSA) is 80.7 Å². The monoisotopic (exact) mass is 432 g/mol. The molecular formula is C26H40O5. The largest absolute Gasteiger partial charge is 0.463 e. The Morgan fingerprint density at radius 1 is 0.903 bits per heavy atom. The number of carbonyl (C=O) groups excluding carboxylic acids is 3. The van der Waals surface area contributed by atoms with Crippen molar-refractivity contribution in [1.29, 1.82) is 0 Å². The van der Waals surface area contributed by atoms with Crippen LogP contribution in [0.2, 0.25) is 0 Å². The van der Waals surface area contributed by atoms with Crippen molar-refractivity contribution in [3.05, 3.63) is 35.9 Å². The fourth-order valence-corrected chi connectivity index (χ4v) is 3.70. The number of benzene rings is 1. The highest BCUT2D eigenvalue weighted by atomic mass is 16.5. The number of unbranched alkanes of at least 4 members (excludes halogenated alkanes) is 9. The van der Waals surface area contributed by atoms with E-state index in [1.165, 1.54) is 19.3 Å². The summed E-state index contributed by atoms with van der Waals surface area (Å²) in [5.74, 6) is -1.06. The number of rotatable bonds is 19. The summed E-state index contributed by atoms with van der Waals surface area (Å²) in [7, 11) is 0. The number of aliphatic hydroxyl groups is 1. The molecule has 0 fully saturated rings. The number of hydrogen-bond acceptors (Lipinski definition) is 5. The molecule has 0 spiro atoms. The lowest BCUT2D eigenvalue weighted by Gasteiger charge is -2.26. The third kappa shape index (κ3) is 10.7. The molecule has 31 heavy (non-hydrogen) atoms. The lowest BCUT2D eigenvalue weighted by atomic mass is 9.88. The van der Waals surface area contributed by atoms with E-state index in [9.17, 15) is 19.5 Å². The first-order chi connectivity index (χ1) is 15.1. The standard InChI is InChI=1S/C26H40O5/c1-2-3-4-5-9-15-20-31-25(29)26(30,24-17-12-10-13-18-24)19-14-8-6-7-11-16-23(21-27)22-28/h10,12-13,17-18,21-23,30H,2-9,11,14-16,19-20H2,1H3. The van der Waals surface area contributed by atoms with Crippen molar-refractivity contribution in [2.24, 2.45) is 5.92 Å². The van der Waals surface area contributed by atoms with Crippen LogP contribution in [-0.4, -0.2) is 30.3 Å². The SMILES string of the molecule is CCCCCCCCOC(=O)C(O)(CCCCCCCC(C=O)C=O)c1ccccc1.